The molecule has 4 nitrogen and oxygen atoms in total. The van der Waals surface area contributed by atoms with Gasteiger partial charge >= 0.3 is 0 Å². The summed E-state index contributed by atoms with van der Waals surface area (Å²) in [6.45, 7) is 1.18. The standard InChI is InChI=1S/C19H20F2N2O2/c20-15-5-2-1-4-14(15)12-25-18-8-7-13(10-16(18)21)11-23-9-3-6-17(23)19(22)24/h1-2,4-5,7-8,10,17H,3,6,9,11-12H2,(H2,22,24). The molecule has 2 N–H and O–H groups in total. The summed E-state index contributed by atoms with van der Waals surface area (Å²) in [7, 11) is 0. The average Bonchev–Trinajstić information content (AvgIpc) is 3.04. The summed E-state index contributed by atoms with van der Waals surface area (Å²) in [5.74, 6) is -1.17. The molecule has 25 heavy (non-hydrogen) atoms. The summed E-state index contributed by atoms with van der Waals surface area (Å²) in [6.07, 6.45) is 1.64. The summed E-state index contributed by atoms with van der Waals surface area (Å²) in [4.78, 5) is 13.4. The van der Waals surface area contributed by atoms with Crippen LogP contribution in [-0.2, 0) is 17.9 Å². The van der Waals surface area contributed by atoms with Crippen molar-refractivity contribution in [3.63, 3.8) is 0 Å². The average molecular weight is 346 g/mol. The molecule has 6 heteroatoms. The van der Waals surface area contributed by atoms with Crippen LogP contribution in [0.4, 0.5) is 8.78 Å². The summed E-state index contributed by atoms with van der Waals surface area (Å²) >= 11 is 0. The van der Waals surface area contributed by atoms with Crippen LogP contribution in [0.15, 0.2) is 42.5 Å². The topological polar surface area (TPSA) is 55.6 Å². The monoisotopic (exact) mass is 346 g/mol. The van der Waals surface area contributed by atoms with E-state index < -0.39 is 5.82 Å². The number of likely N-dealkylation sites (tertiary alicyclic amines) is 1. The molecule has 0 bridgehead atoms. The first kappa shape index (κ1) is 17.4. The smallest absolute Gasteiger partial charge is 0.234 e. The number of nitrogens with zero attached hydrogens (tertiary/aromatic N) is 1. The molecule has 1 heterocycles. The third-order valence-corrected chi connectivity index (χ3v) is 4.42. The van der Waals surface area contributed by atoms with Crippen molar-refractivity contribution in [2.75, 3.05) is 6.54 Å². The lowest BCUT2D eigenvalue weighted by Gasteiger charge is -2.22. The Kier molecular flexibility index (Phi) is 5.28. The lowest BCUT2D eigenvalue weighted by molar-refractivity contribution is -0.122. The molecule has 1 amide bonds. The van der Waals surface area contributed by atoms with E-state index in [2.05, 4.69) is 0 Å². The number of halogens is 2. The number of amides is 1. The SMILES string of the molecule is NC(=O)C1CCCN1Cc1ccc(OCc2ccccc2F)c(F)c1. The number of hydrogen-bond acceptors (Lipinski definition) is 3. The van der Waals surface area contributed by atoms with Crippen LogP contribution in [0.1, 0.15) is 24.0 Å². The predicted molar refractivity (Wildman–Crippen MR) is 89.8 cm³/mol. The fourth-order valence-electron chi connectivity index (χ4n) is 3.10. The Morgan fingerprint density at radius 1 is 1.20 bits per heavy atom. The largest absolute Gasteiger partial charge is 0.486 e. The second-order valence-corrected chi connectivity index (χ2v) is 6.18. The highest BCUT2D eigenvalue weighted by Gasteiger charge is 2.28. The molecule has 1 atom stereocenters. The molecule has 1 fully saturated rings. The molecule has 1 aliphatic heterocycles. The number of rotatable bonds is 6. The highest BCUT2D eigenvalue weighted by atomic mass is 19.1. The van der Waals surface area contributed by atoms with Gasteiger partial charge in [0.1, 0.15) is 12.4 Å². The van der Waals surface area contributed by atoms with Crippen molar-refractivity contribution < 1.29 is 18.3 Å². The Hall–Kier alpha value is -2.47. The molecule has 3 rings (SSSR count). The van der Waals surface area contributed by atoms with E-state index in [1.54, 1.807) is 24.3 Å². The highest BCUT2D eigenvalue weighted by Crippen LogP contribution is 2.24. The highest BCUT2D eigenvalue weighted by molar-refractivity contribution is 5.80. The molecule has 0 saturated carbocycles. The van der Waals surface area contributed by atoms with E-state index in [0.29, 0.717) is 12.1 Å². The second kappa shape index (κ2) is 7.61. The van der Waals surface area contributed by atoms with Gasteiger partial charge in [0.2, 0.25) is 5.91 Å². The molecule has 2 aromatic rings. The van der Waals surface area contributed by atoms with Crippen LogP contribution in [0.25, 0.3) is 0 Å². The second-order valence-electron chi connectivity index (χ2n) is 6.18. The summed E-state index contributed by atoms with van der Waals surface area (Å²) in [6, 6.07) is 10.6. The third kappa shape index (κ3) is 4.14. The first-order valence-electron chi connectivity index (χ1n) is 8.22. The number of nitrogens with two attached hydrogens (primary N) is 1. The van der Waals surface area contributed by atoms with Crippen molar-refractivity contribution in [1.29, 1.82) is 0 Å². The molecule has 1 saturated heterocycles. The Morgan fingerprint density at radius 2 is 2.00 bits per heavy atom. The summed E-state index contributed by atoms with van der Waals surface area (Å²) < 4.78 is 33.2. The zero-order valence-corrected chi connectivity index (χ0v) is 13.8. The summed E-state index contributed by atoms with van der Waals surface area (Å²) in [5.41, 5.74) is 6.51. The molecular weight excluding hydrogens is 326 g/mol. The van der Waals surface area contributed by atoms with Gasteiger partial charge in [0.05, 0.1) is 6.04 Å². The Balaban J connectivity index is 1.65. The fraction of sp³-hybridized carbons (Fsp3) is 0.316. The third-order valence-electron chi connectivity index (χ3n) is 4.42. The molecule has 0 aromatic heterocycles. The van der Waals surface area contributed by atoms with Crippen LogP contribution >= 0.6 is 0 Å². The van der Waals surface area contributed by atoms with E-state index in [1.165, 1.54) is 18.2 Å². The number of carbonyl (C=O) groups excluding carboxylic acids is 1. The van der Waals surface area contributed by atoms with Gasteiger partial charge in [0, 0.05) is 12.1 Å². The van der Waals surface area contributed by atoms with Gasteiger partial charge in [-0.1, -0.05) is 24.3 Å². The van der Waals surface area contributed by atoms with Crippen molar-refractivity contribution in [2.45, 2.75) is 32.0 Å². The van der Waals surface area contributed by atoms with Gasteiger partial charge in [0.25, 0.3) is 0 Å². The maximum absolute atomic E-state index is 14.3. The molecule has 0 spiro atoms. The van der Waals surface area contributed by atoms with Gasteiger partial charge in [-0.2, -0.15) is 0 Å². The molecule has 132 valence electrons. The fourth-order valence-corrected chi connectivity index (χ4v) is 3.10. The van der Waals surface area contributed by atoms with Crippen LogP contribution < -0.4 is 10.5 Å². The van der Waals surface area contributed by atoms with E-state index in [4.69, 9.17) is 10.5 Å². The van der Waals surface area contributed by atoms with Crippen molar-refractivity contribution in [1.82, 2.24) is 4.90 Å². The molecule has 2 aromatic carbocycles. The van der Waals surface area contributed by atoms with Gasteiger partial charge in [-0.15, -0.1) is 0 Å². The molecule has 0 aliphatic carbocycles. The number of benzene rings is 2. The maximum atomic E-state index is 14.3. The normalized spacial score (nSPS) is 17.6. The number of hydrogen-bond donors (Lipinski definition) is 1. The van der Waals surface area contributed by atoms with Crippen molar-refractivity contribution in [2.24, 2.45) is 5.73 Å². The predicted octanol–water partition coefficient (Wildman–Crippen LogP) is 2.99. The van der Waals surface area contributed by atoms with Gasteiger partial charge < -0.3 is 10.5 Å². The quantitative estimate of drug-likeness (QED) is 0.875. The minimum atomic E-state index is -0.510. The lowest BCUT2D eigenvalue weighted by atomic mass is 10.1. The van der Waals surface area contributed by atoms with Gasteiger partial charge in [-0.05, 0) is 43.1 Å². The van der Waals surface area contributed by atoms with Crippen LogP contribution in [0.3, 0.4) is 0 Å². The Bertz CT molecular complexity index is 767. The van der Waals surface area contributed by atoms with E-state index in [9.17, 15) is 13.6 Å². The van der Waals surface area contributed by atoms with Crippen LogP contribution in [0.5, 0.6) is 5.75 Å². The van der Waals surface area contributed by atoms with E-state index in [1.807, 2.05) is 4.90 Å². The van der Waals surface area contributed by atoms with Crippen molar-refractivity contribution in [3.05, 3.63) is 65.2 Å². The van der Waals surface area contributed by atoms with Gasteiger partial charge in [-0.3, -0.25) is 9.69 Å². The first-order chi connectivity index (χ1) is 12.0. The van der Waals surface area contributed by atoms with Crippen molar-refractivity contribution >= 4 is 5.91 Å². The van der Waals surface area contributed by atoms with E-state index >= 15 is 0 Å². The number of carbonyl (C=O) groups is 1. The molecular formula is C19H20F2N2O2. The van der Waals surface area contributed by atoms with E-state index in [0.717, 1.165) is 24.9 Å². The summed E-state index contributed by atoms with van der Waals surface area (Å²) in [5, 5.41) is 0. The Labute approximate surface area is 145 Å². The van der Waals surface area contributed by atoms with Gasteiger partial charge in [-0.25, -0.2) is 8.78 Å². The molecule has 1 unspecified atom stereocenters. The number of primary amides is 1. The Morgan fingerprint density at radius 3 is 2.72 bits per heavy atom. The minimum absolute atomic E-state index is 0.0428. The zero-order chi connectivity index (χ0) is 17.8. The molecule has 0 radical (unpaired) electrons. The van der Waals surface area contributed by atoms with Crippen molar-refractivity contribution in [3.8, 4) is 5.75 Å². The van der Waals surface area contributed by atoms with E-state index in [-0.39, 0.29) is 30.1 Å². The van der Waals surface area contributed by atoms with Crippen LogP contribution in [0.2, 0.25) is 0 Å². The van der Waals surface area contributed by atoms with Crippen LogP contribution in [-0.4, -0.2) is 23.4 Å². The zero-order valence-electron chi connectivity index (χ0n) is 13.8. The van der Waals surface area contributed by atoms with Crippen LogP contribution in [0, 0.1) is 11.6 Å². The minimum Gasteiger partial charge on any atom is -0.486 e. The first-order valence-corrected chi connectivity index (χ1v) is 8.22. The lowest BCUT2D eigenvalue weighted by Crippen LogP contribution is -2.39. The maximum Gasteiger partial charge on any atom is 0.234 e. The van der Waals surface area contributed by atoms with Gasteiger partial charge in [0.15, 0.2) is 11.6 Å². The molecule has 1 aliphatic rings. The number of ether oxygens (including phenoxy) is 1.